The molecule has 2 aromatic carbocycles. The zero-order chi connectivity index (χ0) is 15.5. The second-order valence-electron chi connectivity index (χ2n) is 4.57. The SMILES string of the molecule is C=CCN(c1ccc(Cl)cc1C)S(=O)(=O)c1ccccc1. The second-order valence-corrected chi connectivity index (χ2v) is 6.87. The van der Waals surface area contributed by atoms with Crippen molar-refractivity contribution in [1.82, 2.24) is 0 Å². The van der Waals surface area contributed by atoms with Crippen LogP contribution in [0.5, 0.6) is 0 Å². The van der Waals surface area contributed by atoms with Gasteiger partial charge in [-0.3, -0.25) is 4.31 Å². The van der Waals surface area contributed by atoms with E-state index in [0.29, 0.717) is 10.7 Å². The average Bonchev–Trinajstić information content (AvgIpc) is 2.46. The Balaban J connectivity index is 2.56. The van der Waals surface area contributed by atoms with Gasteiger partial charge >= 0.3 is 0 Å². The molecular weight excluding hydrogens is 306 g/mol. The van der Waals surface area contributed by atoms with E-state index in [2.05, 4.69) is 6.58 Å². The molecule has 0 unspecified atom stereocenters. The summed E-state index contributed by atoms with van der Waals surface area (Å²) in [7, 11) is -3.63. The quantitative estimate of drug-likeness (QED) is 0.780. The molecule has 21 heavy (non-hydrogen) atoms. The fourth-order valence-electron chi connectivity index (χ4n) is 2.06. The smallest absolute Gasteiger partial charge is 0.262 e. The van der Waals surface area contributed by atoms with Gasteiger partial charge in [0.1, 0.15) is 0 Å². The number of aryl methyl sites for hydroxylation is 1. The Bertz CT molecular complexity index is 742. The summed E-state index contributed by atoms with van der Waals surface area (Å²) in [6.45, 7) is 5.67. The number of hydrogen-bond acceptors (Lipinski definition) is 2. The van der Waals surface area contributed by atoms with Crippen LogP contribution in [-0.2, 0) is 10.0 Å². The lowest BCUT2D eigenvalue weighted by Gasteiger charge is -2.25. The summed E-state index contributed by atoms with van der Waals surface area (Å²) in [4.78, 5) is 0.251. The van der Waals surface area contributed by atoms with E-state index in [4.69, 9.17) is 11.6 Å². The van der Waals surface area contributed by atoms with E-state index < -0.39 is 10.0 Å². The van der Waals surface area contributed by atoms with Crippen LogP contribution in [0, 0.1) is 6.92 Å². The van der Waals surface area contributed by atoms with Crippen LogP contribution in [-0.4, -0.2) is 15.0 Å². The zero-order valence-electron chi connectivity index (χ0n) is 11.7. The zero-order valence-corrected chi connectivity index (χ0v) is 13.2. The van der Waals surface area contributed by atoms with E-state index in [1.54, 1.807) is 54.6 Å². The van der Waals surface area contributed by atoms with Crippen molar-refractivity contribution in [3.05, 3.63) is 71.8 Å². The monoisotopic (exact) mass is 321 g/mol. The van der Waals surface area contributed by atoms with Crippen molar-refractivity contribution in [2.45, 2.75) is 11.8 Å². The Morgan fingerprint density at radius 1 is 1.19 bits per heavy atom. The maximum absolute atomic E-state index is 12.8. The lowest BCUT2D eigenvalue weighted by molar-refractivity contribution is 0.592. The summed E-state index contributed by atoms with van der Waals surface area (Å²) >= 11 is 5.94. The van der Waals surface area contributed by atoms with E-state index in [1.807, 2.05) is 6.92 Å². The number of benzene rings is 2. The highest BCUT2D eigenvalue weighted by molar-refractivity contribution is 7.92. The van der Waals surface area contributed by atoms with Crippen molar-refractivity contribution in [2.24, 2.45) is 0 Å². The minimum atomic E-state index is -3.63. The predicted octanol–water partition coefficient (Wildman–Crippen LogP) is 4.03. The van der Waals surface area contributed by atoms with E-state index in [0.717, 1.165) is 5.56 Å². The van der Waals surface area contributed by atoms with Crippen LogP contribution >= 0.6 is 11.6 Å². The summed E-state index contributed by atoms with van der Waals surface area (Å²) in [5, 5.41) is 0.576. The molecule has 0 radical (unpaired) electrons. The molecule has 0 aliphatic heterocycles. The predicted molar refractivity (Wildman–Crippen MR) is 87.4 cm³/mol. The van der Waals surface area contributed by atoms with Crippen molar-refractivity contribution < 1.29 is 8.42 Å². The van der Waals surface area contributed by atoms with Crippen LogP contribution < -0.4 is 4.31 Å². The molecule has 3 nitrogen and oxygen atoms in total. The summed E-state index contributed by atoms with van der Waals surface area (Å²) in [6, 6.07) is 13.5. The first-order valence-electron chi connectivity index (χ1n) is 6.41. The van der Waals surface area contributed by atoms with E-state index in [9.17, 15) is 8.42 Å². The maximum Gasteiger partial charge on any atom is 0.264 e. The van der Waals surface area contributed by atoms with Gasteiger partial charge in [0.25, 0.3) is 10.0 Å². The molecule has 0 saturated carbocycles. The Hall–Kier alpha value is -1.78. The van der Waals surface area contributed by atoms with Gasteiger partial charge in [0.15, 0.2) is 0 Å². The highest BCUT2D eigenvalue weighted by atomic mass is 35.5. The standard InChI is InChI=1S/C16H16ClNO2S/c1-3-11-18(16-10-9-14(17)12-13(16)2)21(19,20)15-7-5-4-6-8-15/h3-10,12H,1,11H2,2H3. The van der Waals surface area contributed by atoms with Crippen molar-refractivity contribution in [2.75, 3.05) is 10.8 Å². The van der Waals surface area contributed by atoms with Gasteiger partial charge in [-0.05, 0) is 42.8 Å². The third kappa shape index (κ3) is 3.28. The van der Waals surface area contributed by atoms with E-state index >= 15 is 0 Å². The first-order valence-corrected chi connectivity index (χ1v) is 8.23. The van der Waals surface area contributed by atoms with Gasteiger partial charge < -0.3 is 0 Å². The molecule has 0 N–H and O–H groups in total. The Morgan fingerprint density at radius 2 is 1.86 bits per heavy atom. The first-order chi connectivity index (χ1) is 9.96. The maximum atomic E-state index is 12.8. The van der Waals surface area contributed by atoms with Gasteiger partial charge in [-0.2, -0.15) is 0 Å². The third-order valence-corrected chi connectivity index (χ3v) is 5.08. The number of rotatable bonds is 5. The molecule has 0 aromatic heterocycles. The molecule has 0 aliphatic carbocycles. The first kappa shape index (κ1) is 15.6. The molecule has 0 fully saturated rings. The largest absolute Gasteiger partial charge is 0.264 e. The Kier molecular flexibility index (Phi) is 4.70. The molecule has 0 heterocycles. The highest BCUT2D eigenvalue weighted by Gasteiger charge is 2.24. The summed E-state index contributed by atoms with van der Waals surface area (Å²) in [5.41, 5.74) is 1.40. The fraction of sp³-hybridized carbons (Fsp3) is 0.125. The van der Waals surface area contributed by atoms with Crippen LogP contribution in [0.1, 0.15) is 5.56 Å². The number of sulfonamides is 1. The summed E-state index contributed by atoms with van der Waals surface area (Å²) < 4.78 is 26.9. The number of hydrogen-bond donors (Lipinski definition) is 0. The lowest BCUT2D eigenvalue weighted by atomic mass is 10.2. The number of halogens is 1. The molecule has 2 rings (SSSR count). The van der Waals surface area contributed by atoms with Gasteiger partial charge in [-0.1, -0.05) is 35.9 Å². The molecule has 0 spiro atoms. The Morgan fingerprint density at radius 3 is 2.43 bits per heavy atom. The minimum absolute atomic E-state index is 0.194. The molecule has 5 heteroatoms. The molecule has 0 bridgehead atoms. The molecule has 2 aromatic rings. The summed E-state index contributed by atoms with van der Waals surface area (Å²) in [6.07, 6.45) is 1.56. The van der Waals surface area contributed by atoms with Crippen LogP contribution in [0.4, 0.5) is 5.69 Å². The van der Waals surface area contributed by atoms with Crippen molar-refractivity contribution in [1.29, 1.82) is 0 Å². The van der Waals surface area contributed by atoms with Crippen LogP contribution in [0.25, 0.3) is 0 Å². The molecule has 0 atom stereocenters. The van der Waals surface area contributed by atoms with E-state index in [-0.39, 0.29) is 11.4 Å². The molecule has 110 valence electrons. The van der Waals surface area contributed by atoms with Crippen molar-refractivity contribution in [3.63, 3.8) is 0 Å². The summed E-state index contributed by atoms with van der Waals surface area (Å²) in [5.74, 6) is 0. The molecule has 0 amide bonds. The second kappa shape index (κ2) is 6.33. The van der Waals surface area contributed by atoms with Crippen LogP contribution in [0.3, 0.4) is 0 Å². The molecular formula is C16H16ClNO2S. The minimum Gasteiger partial charge on any atom is -0.262 e. The number of anilines is 1. The topological polar surface area (TPSA) is 37.4 Å². The van der Waals surface area contributed by atoms with Gasteiger partial charge in [0.05, 0.1) is 17.1 Å². The van der Waals surface area contributed by atoms with Gasteiger partial charge in [0, 0.05) is 5.02 Å². The van der Waals surface area contributed by atoms with Crippen molar-refractivity contribution >= 4 is 27.3 Å². The molecule has 0 saturated heterocycles. The van der Waals surface area contributed by atoms with Crippen LogP contribution in [0.2, 0.25) is 5.02 Å². The number of nitrogens with zero attached hydrogens (tertiary/aromatic N) is 1. The average molecular weight is 322 g/mol. The Labute approximate surface area is 130 Å². The van der Waals surface area contributed by atoms with Crippen molar-refractivity contribution in [3.8, 4) is 0 Å². The lowest BCUT2D eigenvalue weighted by Crippen LogP contribution is -2.31. The van der Waals surface area contributed by atoms with E-state index in [1.165, 1.54) is 4.31 Å². The van der Waals surface area contributed by atoms with Crippen LogP contribution in [0.15, 0.2) is 66.1 Å². The third-order valence-electron chi connectivity index (χ3n) is 3.05. The molecule has 0 aliphatic rings. The van der Waals surface area contributed by atoms with Gasteiger partial charge in [-0.15, -0.1) is 6.58 Å². The fourth-order valence-corrected chi connectivity index (χ4v) is 3.81. The normalized spacial score (nSPS) is 11.1. The highest BCUT2D eigenvalue weighted by Crippen LogP contribution is 2.28. The van der Waals surface area contributed by atoms with Gasteiger partial charge in [-0.25, -0.2) is 8.42 Å². The van der Waals surface area contributed by atoms with Gasteiger partial charge in [0.2, 0.25) is 0 Å².